The molecule has 33 heavy (non-hydrogen) atoms. The monoisotopic (exact) mass is 487 g/mol. The van der Waals surface area contributed by atoms with E-state index in [1.165, 1.54) is 42.8 Å². The number of benzene rings is 2. The number of aryl methyl sites for hydroxylation is 1. The van der Waals surface area contributed by atoms with Crippen molar-refractivity contribution in [2.45, 2.75) is 46.0 Å². The highest BCUT2D eigenvalue weighted by atomic mass is 35.5. The molecule has 4 nitrogen and oxygen atoms in total. The minimum atomic E-state index is 0. The Morgan fingerprint density at radius 1 is 1.06 bits per heavy atom. The van der Waals surface area contributed by atoms with E-state index in [-0.39, 0.29) is 18.2 Å². The van der Waals surface area contributed by atoms with E-state index < -0.39 is 0 Å². The lowest BCUT2D eigenvalue weighted by Crippen LogP contribution is -2.33. The van der Waals surface area contributed by atoms with Gasteiger partial charge in [-0.2, -0.15) is 0 Å². The van der Waals surface area contributed by atoms with E-state index in [0.717, 1.165) is 46.7 Å². The van der Waals surface area contributed by atoms with E-state index in [9.17, 15) is 5.11 Å². The smallest absolute Gasteiger partial charge is 0.149 e. The summed E-state index contributed by atoms with van der Waals surface area (Å²) in [5, 5.41) is 10.9. The van der Waals surface area contributed by atoms with Crippen molar-refractivity contribution in [3.05, 3.63) is 59.0 Å². The number of phenolic OH excluding ortho intramolecular Hbond substituents is 1. The average molecular weight is 488 g/mol. The molecular weight excluding hydrogens is 454 g/mol. The second-order valence-corrected chi connectivity index (χ2v) is 9.63. The molecule has 0 spiro atoms. The van der Waals surface area contributed by atoms with Crippen molar-refractivity contribution in [2.75, 3.05) is 26.2 Å². The number of thiophene rings is 1. The first-order chi connectivity index (χ1) is 15.6. The van der Waals surface area contributed by atoms with Crippen LogP contribution < -0.4 is 9.47 Å². The van der Waals surface area contributed by atoms with Crippen molar-refractivity contribution in [3.8, 4) is 23.0 Å². The van der Waals surface area contributed by atoms with Gasteiger partial charge < -0.3 is 14.6 Å². The third kappa shape index (κ3) is 6.89. The third-order valence-electron chi connectivity index (χ3n) is 6.10. The summed E-state index contributed by atoms with van der Waals surface area (Å²) in [5.74, 6) is 2.85. The lowest BCUT2D eigenvalue weighted by Gasteiger charge is -2.26. The standard InChI is InChI=1S/C27H33NO3S.ClH/c1-3-20(2)7-14-25-27(24-13-8-21(29)19-26(24)32-25)31-23-11-9-22(10-12-23)30-18-17-28-15-5-4-6-16-28;/h3,8-13,19,29H,4-7,14-18H2,1-2H3;1H. The first-order valence-corrected chi connectivity index (χ1v) is 12.4. The Balaban J connectivity index is 0.00000306. The molecule has 0 unspecified atom stereocenters. The van der Waals surface area contributed by atoms with Gasteiger partial charge in [0.1, 0.15) is 29.6 Å². The molecule has 0 radical (unpaired) electrons. The molecule has 0 saturated carbocycles. The largest absolute Gasteiger partial charge is 0.508 e. The summed E-state index contributed by atoms with van der Waals surface area (Å²) in [6.45, 7) is 8.32. The second-order valence-electron chi connectivity index (χ2n) is 8.49. The maximum atomic E-state index is 9.90. The lowest BCUT2D eigenvalue weighted by atomic mass is 10.1. The van der Waals surface area contributed by atoms with Crippen LogP contribution in [0.1, 0.15) is 44.4 Å². The van der Waals surface area contributed by atoms with Crippen LogP contribution >= 0.6 is 23.7 Å². The number of phenols is 1. The van der Waals surface area contributed by atoms with Crippen LogP contribution in [0.3, 0.4) is 0 Å². The first kappa shape index (κ1) is 25.4. The van der Waals surface area contributed by atoms with Crippen molar-refractivity contribution in [2.24, 2.45) is 0 Å². The molecule has 0 atom stereocenters. The second kappa shape index (κ2) is 12.3. The van der Waals surface area contributed by atoms with Gasteiger partial charge in [-0.15, -0.1) is 23.7 Å². The maximum Gasteiger partial charge on any atom is 0.149 e. The normalized spacial score (nSPS) is 14.8. The highest BCUT2D eigenvalue weighted by Crippen LogP contribution is 2.42. The van der Waals surface area contributed by atoms with Gasteiger partial charge in [0.05, 0.1) is 0 Å². The van der Waals surface area contributed by atoms with E-state index in [2.05, 4.69) is 24.8 Å². The molecule has 0 amide bonds. The summed E-state index contributed by atoms with van der Waals surface area (Å²) in [7, 11) is 0. The number of nitrogens with zero attached hydrogens (tertiary/aromatic N) is 1. The Labute approximate surface area is 207 Å². The van der Waals surface area contributed by atoms with E-state index in [4.69, 9.17) is 9.47 Å². The molecule has 1 fully saturated rings. The van der Waals surface area contributed by atoms with E-state index in [1.807, 2.05) is 36.4 Å². The summed E-state index contributed by atoms with van der Waals surface area (Å²) in [6, 6.07) is 13.4. The molecular formula is C27H34ClNO3S. The van der Waals surface area contributed by atoms with Crippen molar-refractivity contribution >= 4 is 33.8 Å². The van der Waals surface area contributed by atoms with Gasteiger partial charge >= 0.3 is 0 Å². The zero-order valence-electron chi connectivity index (χ0n) is 19.5. The van der Waals surface area contributed by atoms with Gasteiger partial charge in [-0.05, 0) is 95.1 Å². The van der Waals surface area contributed by atoms with Gasteiger partial charge in [0.2, 0.25) is 0 Å². The Hall–Kier alpha value is -2.21. The van der Waals surface area contributed by atoms with Gasteiger partial charge in [-0.3, -0.25) is 4.90 Å². The fourth-order valence-electron chi connectivity index (χ4n) is 4.04. The Bertz CT molecular complexity index is 1060. The molecule has 6 heteroatoms. The summed E-state index contributed by atoms with van der Waals surface area (Å²) >= 11 is 1.70. The number of ether oxygens (including phenoxy) is 2. The molecule has 1 aliphatic rings. The predicted molar refractivity (Wildman–Crippen MR) is 141 cm³/mol. The van der Waals surface area contributed by atoms with Crippen molar-refractivity contribution < 1.29 is 14.6 Å². The van der Waals surface area contributed by atoms with E-state index in [0.29, 0.717) is 6.61 Å². The summed E-state index contributed by atoms with van der Waals surface area (Å²) in [6.07, 6.45) is 8.04. The van der Waals surface area contributed by atoms with E-state index in [1.54, 1.807) is 17.4 Å². The lowest BCUT2D eigenvalue weighted by molar-refractivity contribution is 0.183. The quantitative estimate of drug-likeness (QED) is 0.316. The first-order valence-electron chi connectivity index (χ1n) is 11.6. The Morgan fingerprint density at radius 2 is 1.79 bits per heavy atom. The van der Waals surface area contributed by atoms with Crippen LogP contribution in [0.15, 0.2) is 54.1 Å². The predicted octanol–water partition coefficient (Wildman–Crippen LogP) is 7.58. The van der Waals surface area contributed by atoms with Crippen LogP contribution in [0.2, 0.25) is 0 Å². The van der Waals surface area contributed by atoms with Crippen LogP contribution in [0.25, 0.3) is 10.1 Å². The number of hydrogen-bond acceptors (Lipinski definition) is 5. The highest BCUT2D eigenvalue weighted by Gasteiger charge is 2.15. The maximum absolute atomic E-state index is 9.90. The molecule has 1 N–H and O–H groups in total. The van der Waals surface area contributed by atoms with Gasteiger partial charge in [0.15, 0.2) is 0 Å². The number of hydrogen-bond donors (Lipinski definition) is 1. The van der Waals surface area contributed by atoms with Crippen LogP contribution in [0.5, 0.6) is 23.0 Å². The van der Waals surface area contributed by atoms with Crippen LogP contribution in [-0.2, 0) is 6.42 Å². The Morgan fingerprint density at radius 3 is 2.52 bits per heavy atom. The third-order valence-corrected chi connectivity index (χ3v) is 7.30. The van der Waals surface area contributed by atoms with Crippen molar-refractivity contribution in [1.29, 1.82) is 0 Å². The minimum absolute atomic E-state index is 0. The molecule has 4 rings (SSSR count). The molecule has 1 aromatic heterocycles. The number of fused-ring (bicyclic) bond motifs is 1. The summed E-state index contributed by atoms with van der Waals surface area (Å²) in [4.78, 5) is 3.69. The molecule has 0 aliphatic carbocycles. The molecule has 0 bridgehead atoms. The fraction of sp³-hybridized carbons (Fsp3) is 0.407. The van der Waals surface area contributed by atoms with Gasteiger partial charge in [-0.1, -0.05) is 18.1 Å². The van der Waals surface area contributed by atoms with Crippen LogP contribution in [-0.4, -0.2) is 36.2 Å². The minimum Gasteiger partial charge on any atom is -0.508 e. The molecule has 1 saturated heterocycles. The van der Waals surface area contributed by atoms with Crippen molar-refractivity contribution in [1.82, 2.24) is 4.90 Å². The summed E-state index contributed by atoms with van der Waals surface area (Å²) < 4.78 is 13.4. The fourth-order valence-corrected chi connectivity index (χ4v) is 5.21. The van der Waals surface area contributed by atoms with Crippen LogP contribution in [0.4, 0.5) is 0 Å². The number of aromatic hydroxyl groups is 1. The average Bonchev–Trinajstić information content (AvgIpc) is 3.15. The zero-order valence-corrected chi connectivity index (χ0v) is 21.1. The number of likely N-dealkylation sites (tertiary alicyclic amines) is 1. The molecule has 178 valence electrons. The SMILES string of the molecule is CC=C(C)CCc1sc2cc(O)ccc2c1Oc1ccc(OCCN2CCCCC2)cc1.Cl. The van der Waals surface area contributed by atoms with E-state index >= 15 is 0 Å². The topological polar surface area (TPSA) is 41.9 Å². The highest BCUT2D eigenvalue weighted by molar-refractivity contribution is 7.19. The number of rotatable bonds is 9. The molecule has 2 aromatic carbocycles. The molecule has 1 aliphatic heterocycles. The van der Waals surface area contributed by atoms with Gasteiger partial charge in [0, 0.05) is 21.5 Å². The van der Waals surface area contributed by atoms with Crippen LogP contribution in [0, 0.1) is 0 Å². The number of piperidine rings is 1. The van der Waals surface area contributed by atoms with Crippen molar-refractivity contribution in [3.63, 3.8) is 0 Å². The van der Waals surface area contributed by atoms with Gasteiger partial charge in [-0.25, -0.2) is 0 Å². The Kier molecular flexibility index (Phi) is 9.48. The molecule has 2 heterocycles. The molecule has 3 aromatic rings. The number of halogens is 1. The summed E-state index contributed by atoms with van der Waals surface area (Å²) in [5.41, 5.74) is 1.36. The van der Waals surface area contributed by atoms with Gasteiger partial charge in [0.25, 0.3) is 0 Å². The zero-order chi connectivity index (χ0) is 22.3. The number of allylic oxidation sites excluding steroid dienone is 2.